The molecule has 1 amide bonds. The van der Waals surface area contributed by atoms with Crippen LogP contribution in [0.3, 0.4) is 0 Å². The smallest absolute Gasteiger partial charge is 0.270 e. The van der Waals surface area contributed by atoms with Crippen LogP contribution in [0.15, 0.2) is 24.3 Å². The first-order chi connectivity index (χ1) is 8.79. The van der Waals surface area contributed by atoms with Gasteiger partial charge < -0.3 is 9.88 Å². The van der Waals surface area contributed by atoms with Crippen molar-refractivity contribution in [1.82, 2.24) is 9.88 Å². The topological polar surface area (TPSA) is 36.1 Å². The molecule has 2 aromatic rings. The van der Waals surface area contributed by atoms with Gasteiger partial charge in [-0.3, -0.25) is 4.79 Å². The van der Waals surface area contributed by atoms with Crippen LogP contribution in [-0.2, 0) is 6.42 Å². The van der Waals surface area contributed by atoms with Gasteiger partial charge in [0.15, 0.2) is 0 Å². The molecule has 2 heterocycles. The van der Waals surface area contributed by atoms with E-state index in [9.17, 15) is 4.79 Å². The van der Waals surface area contributed by atoms with Gasteiger partial charge in [0.2, 0.25) is 0 Å². The van der Waals surface area contributed by atoms with E-state index in [4.69, 9.17) is 0 Å². The summed E-state index contributed by atoms with van der Waals surface area (Å²) in [6.45, 7) is 3.94. The molecule has 1 saturated heterocycles. The quantitative estimate of drug-likeness (QED) is 0.863. The largest absolute Gasteiger partial charge is 0.351 e. The standard InChI is InChI=1S/C15H18N2O/c1-2-11-6-5-7-13-12(11)10-14(16-13)15(18)17-8-3-4-9-17/h5-7,10,16H,2-4,8-9H2,1H3. The Labute approximate surface area is 107 Å². The molecule has 3 heteroatoms. The molecule has 0 atom stereocenters. The number of hydrogen-bond acceptors (Lipinski definition) is 1. The van der Waals surface area contributed by atoms with Crippen molar-refractivity contribution in [2.24, 2.45) is 0 Å². The number of nitrogens with zero attached hydrogens (tertiary/aromatic N) is 1. The number of aromatic amines is 1. The van der Waals surface area contributed by atoms with E-state index in [0.717, 1.165) is 43.6 Å². The lowest BCUT2D eigenvalue weighted by molar-refractivity contribution is 0.0788. The zero-order valence-corrected chi connectivity index (χ0v) is 10.7. The van der Waals surface area contributed by atoms with E-state index < -0.39 is 0 Å². The normalized spacial score (nSPS) is 15.5. The lowest BCUT2D eigenvalue weighted by Crippen LogP contribution is -2.27. The minimum Gasteiger partial charge on any atom is -0.351 e. The zero-order valence-electron chi connectivity index (χ0n) is 10.7. The summed E-state index contributed by atoms with van der Waals surface area (Å²) < 4.78 is 0. The van der Waals surface area contributed by atoms with E-state index in [2.05, 4.69) is 18.0 Å². The number of likely N-dealkylation sites (tertiary alicyclic amines) is 1. The Morgan fingerprint density at radius 1 is 1.33 bits per heavy atom. The fourth-order valence-electron chi connectivity index (χ4n) is 2.73. The molecule has 3 nitrogen and oxygen atoms in total. The molecule has 1 aromatic carbocycles. The first-order valence-corrected chi connectivity index (χ1v) is 6.69. The van der Waals surface area contributed by atoms with Crippen molar-refractivity contribution >= 4 is 16.8 Å². The summed E-state index contributed by atoms with van der Waals surface area (Å²) >= 11 is 0. The Morgan fingerprint density at radius 2 is 2.11 bits per heavy atom. The summed E-state index contributed by atoms with van der Waals surface area (Å²) in [5.74, 6) is 0.144. The number of H-pyrrole nitrogens is 1. The van der Waals surface area contributed by atoms with Crippen LogP contribution >= 0.6 is 0 Å². The van der Waals surface area contributed by atoms with Crippen molar-refractivity contribution in [2.75, 3.05) is 13.1 Å². The van der Waals surface area contributed by atoms with Crippen LogP contribution < -0.4 is 0 Å². The lowest BCUT2D eigenvalue weighted by atomic mass is 10.1. The van der Waals surface area contributed by atoms with Gasteiger partial charge in [-0.25, -0.2) is 0 Å². The number of fused-ring (bicyclic) bond motifs is 1. The minimum absolute atomic E-state index is 0.144. The predicted octanol–water partition coefficient (Wildman–Crippen LogP) is 2.97. The van der Waals surface area contributed by atoms with E-state index in [0.29, 0.717) is 0 Å². The molecule has 0 bridgehead atoms. The van der Waals surface area contributed by atoms with Gasteiger partial charge in [0, 0.05) is 24.0 Å². The second-order valence-electron chi connectivity index (χ2n) is 4.91. The van der Waals surface area contributed by atoms with Gasteiger partial charge in [-0.2, -0.15) is 0 Å². The first kappa shape index (κ1) is 11.3. The summed E-state index contributed by atoms with van der Waals surface area (Å²) in [5.41, 5.74) is 3.09. The van der Waals surface area contributed by atoms with Crippen LogP contribution in [0.1, 0.15) is 35.8 Å². The average Bonchev–Trinajstić information content (AvgIpc) is 3.05. The maximum atomic E-state index is 12.3. The fraction of sp³-hybridized carbons (Fsp3) is 0.400. The van der Waals surface area contributed by atoms with Crippen LogP contribution in [0, 0.1) is 0 Å². The third-order valence-electron chi connectivity index (χ3n) is 3.76. The molecule has 18 heavy (non-hydrogen) atoms. The molecule has 1 aliphatic rings. The molecule has 0 spiro atoms. The predicted molar refractivity (Wildman–Crippen MR) is 72.8 cm³/mol. The number of carbonyl (C=O) groups excluding carboxylic acids is 1. The molecule has 94 valence electrons. The third kappa shape index (κ3) is 1.80. The Hall–Kier alpha value is -1.77. The summed E-state index contributed by atoms with van der Waals surface area (Å²) in [4.78, 5) is 17.5. The van der Waals surface area contributed by atoms with Gasteiger partial charge in [-0.15, -0.1) is 0 Å². The van der Waals surface area contributed by atoms with Crippen LogP contribution in [0.25, 0.3) is 10.9 Å². The van der Waals surface area contributed by atoms with Crippen molar-refractivity contribution in [2.45, 2.75) is 26.2 Å². The van der Waals surface area contributed by atoms with Gasteiger partial charge in [0.05, 0.1) is 0 Å². The van der Waals surface area contributed by atoms with Gasteiger partial charge in [-0.1, -0.05) is 19.1 Å². The molecular weight excluding hydrogens is 224 g/mol. The highest BCUT2D eigenvalue weighted by Crippen LogP contribution is 2.22. The molecule has 0 unspecified atom stereocenters. The Bertz CT molecular complexity index is 579. The van der Waals surface area contributed by atoms with E-state index in [1.165, 1.54) is 10.9 Å². The zero-order chi connectivity index (χ0) is 12.5. The third-order valence-corrected chi connectivity index (χ3v) is 3.76. The Morgan fingerprint density at radius 3 is 2.83 bits per heavy atom. The van der Waals surface area contributed by atoms with Gasteiger partial charge >= 0.3 is 0 Å². The van der Waals surface area contributed by atoms with Crippen LogP contribution in [0.4, 0.5) is 0 Å². The van der Waals surface area contributed by atoms with Gasteiger partial charge in [-0.05, 0) is 37.0 Å². The molecule has 1 N–H and O–H groups in total. The van der Waals surface area contributed by atoms with Crippen molar-refractivity contribution in [3.05, 3.63) is 35.5 Å². The van der Waals surface area contributed by atoms with Crippen molar-refractivity contribution in [1.29, 1.82) is 0 Å². The summed E-state index contributed by atoms with van der Waals surface area (Å²) in [7, 11) is 0. The number of amides is 1. The highest BCUT2D eigenvalue weighted by Gasteiger charge is 2.21. The second kappa shape index (κ2) is 4.48. The second-order valence-corrected chi connectivity index (χ2v) is 4.91. The minimum atomic E-state index is 0.144. The highest BCUT2D eigenvalue weighted by molar-refractivity contribution is 5.99. The van der Waals surface area contributed by atoms with E-state index in [1.807, 2.05) is 23.1 Å². The molecular formula is C15H18N2O. The molecule has 1 aromatic heterocycles. The van der Waals surface area contributed by atoms with Gasteiger partial charge in [0.1, 0.15) is 5.69 Å². The molecule has 1 aliphatic heterocycles. The SMILES string of the molecule is CCc1cccc2[nH]c(C(=O)N3CCCC3)cc12. The molecule has 0 saturated carbocycles. The average molecular weight is 242 g/mol. The lowest BCUT2D eigenvalue weighted by Gasteiger charge is -2.13. The van der Waals surface area contributed by atoms with Crippen LogP contribution in [-0.4, -0.2) is 28.9 Å². The number of aromatic nitrogens is 1. The monoisotopic (exact) mass is 242 g/mol. The maximum absolute atomic E-state index is 12.3. The van der Waals surface area contributed by atoms with E-state index in [-0.39, 0.29) is 5.91 Å². The summed E-state index contributed by atoms with van der Waals surface area (Å²) in [6, 6.07) is 8.21. The Kier molecular flexibility index (Phi) is 2.82. The molecule has 1 fully saturated rings. The van der Waals surface area contributed by atoms with Gasteiger partial charge in [0.25, 0.3) is 5.91 Å². The maximum Gasteiger partial charge on any atom is 0.270 e. The summed E-state index contributed by atoms with van der Waals surface area (Å²) in [5, 5.41) is 1.18. The summed E-state index contributed by atoms with van der Waals surface area (Å²) in [6.07, 6.45) is 3.25. The number of aryl methyl sites for hydroxylation is 1. The van der Waals surface area contributed by atoms with Crippen molar-refractivity contribution < 1.29 is 4.79 Å². The van der Waals surface area contributed by atoms with Crippen LogP contribution in [0.5, 0.6) is 0 Å². The number of carbonyl (C=O) groups is 1. The number of nitrogens with one attached hydrogen (secondary N) is 1. The Balaban J connectivity index is 2.00. The first-order valence-electron chi connectivity index (χ1n) is 6.69. The fourth-order valence-corrected chi connectivity index (χ4v) is 2.73. The number of hydrogen-bond donors (Lipinski definition) is 1. The number of rotatable bonds is 2. The van der Waals surface area contributed by atoms with E-state index in [1.54, 1.807) is 0 Å². The van der Waals surface area contributed by atoms with Crippen molar-refractivity contribution in [3.8, 4) is 0 Å². The molecule has 0 radical (unpaired) electrons. The molecule has 0 aliphatic carbocycles. The van der Waals surface area contributed by atoms with Crippen LogP contribution in [0.2, 0.25) is 0 Å². The highest BCUT2D eigenvalue weighted by atomic mass is 16.2. The van der Waals surface area contributed by atoms with E-state index >= 15 is 0 Å². The number of benzene rings is 1. The molecule has 3 rings (SSSR count). The van der Waals surface area contributed by atoms with Crippen molar-refractivity contribution in [3.63, 3.8) is 0 Å².